The van der Waals surface area contributed by atoms with Gasteiger partial charge in [-0.1, -0.05) is 48.0 Å². The average molecular weight is 601 g/mol. The zero-order valence-corrected chi connectivity index (χ0v) is 26.9. The highest BCUT2D eigenvalue weighted by atomic mass is 32.2. The minimum atomic E-state index is -3.33. The van der Waals surface area contributed by atoms with E-state index in [2.05, 4.69) is 16.0 Å². The van der Waals surface area contributed by atoms with E-state index in [1.54, 1.807) is 48.5 Å². The highest BCUT2D eigenvalue weighted by Gasteiger charge is 2.70. The summed E-state index contributed by atoms with van der Waals surface area (Å²) in [5.41, 5.74) is -1.68. The van der Waals surface area contributed by atoms with Crippen molar-refractivity contribution in [2.75, 3.05) is 25.1 Å². The molecule has 2 aliphatic rings. The second-order valence-corrected chi connectivity index (χ2v) is 16.2. The van der Waals surface area contributed by atoms with Crippen LogP contribution in [0.5, 0.6) is 0 Å². The molecule has 1 heterocycles. The van der Waals surface area contributed by atoms with Crippen LogP contribution in [0.2, 0.25) is 0 Å². The summed E-state index contributed by atoms with van der Waals surface area (Å²) in [4.78, 5) is 67.2. The first-order chi connectivity index (χ1) is 18.5. The van der Waals surface area contributed by atoms with Crippen LogP contribution in [-0.2, 0) is 33.8 Å². The molecule has 4 amide bonds. The normalized spacial score (nSPS) is 23.1. The van der Waals surface area contributed by atoms with E-state index >= 15 is 0 Å². The Hall–Kier alpha value is -2.70. The summed E-state index contributed by atoms with van der Waals surface area (Å²) in [6.45, 7) is 16.5. The van der Waals surface area contributed by atoms with Gasteiger partial charge in [0.25, 0.3) is 5.91 Å². The second kappa shape index (κ2) is 12.3. The summed E-state index contributed by atoms with van der Waals surface area (Å²) < 4.78 is 28.1. The lowest BCUT2D eigenvalue weighted by Crippen LogP contribution is -2.60. The molecule has 1 saturated heterocycles. The second-order valence-electron chi connectivity index (χ2n) is 13.9. The van der Waals surface area contributed by atoms with E-state index in [4.69, 9.17) is 4.74 Å². The van der Waals surface area contributed by atoms with Gasteiger partial charge < -0.3 is 25.6 Å². The van der Waals surface area contributed by atoms with E-state index in [1.165, 1.54) is 4.90 Å². The van der Waals surface area contributed by atoms with E-state index in [0.717, 1.165) is 6.26 Å². The van der Waals surface area contributed by atoms with Gasteiger partial charge in [0.2, 0.25) is 17.6 Å². The zero-order valence-electron chi connectivity index (χ0n) is 26.0. The van der Waals surface area contributed by atoms with Gasteiger partial charge in [-0.25, -0.2) is 13.2 Å². The minimum Gasteiger partial charge on any atom is -0.444 e. The van der Waals surface area contributed by atoms with Crippen molar-refractivity contribution in [1.29, 1.82) is 0 Å². The lowest BCUT2D eigenvalue weighted by atomic mass is 9.85. The number of amides is 4. The molecule has 234 valence electrons. The topological polar surface area (TPSA) is 168 Å². The number of likely N-dealkylation sites (tertiary alicyclic amines) is 1. The summed E-state index contributed by atoms with van der Waals surface area (Å²) in [5.74, 6) is -3.25. The van der Waals surface area contributed by atoms with Gasteiger partial charge >= 0.3 is 6.09 Å². The molecule has 0 aromatic heterocycles. The SMILES string of the molecule is CCCC(NC(=O)[C@@H]1[C@@H]2[C@H](CN1C(=O)[C@@H](NC(=O)OC(C)(C)C)C(C)(C)C)C2(C)C)C(=O)C(=O)NCCS(C)(=O)=O. The number of nitrogens with one attached hydrogen (secondary N) is 3. The monoisotopic (exact) mass is 600 g/mol. The van der Waals surface area contributed by atoms with Crippen LogP contribution in [0.4, 0.5) is 4.79 Å². The number of carbonyl (C=O) groups is 5. The Morgan fingerprint density at radius 2 is 1.61 bits per heavy atom. The Bertz CT molecular complexity index is 1150. The minimum absolute atomic E-state index is 0.0592. The Labute approximate surface area is 244 Å². The van der Waals surface area contributed by atoms with Crippen molar-refractivity contribution in [1.82, 2.24) is 20.9 Å². The van der Waals surface area contributed by atoms with Crippen molar-refractivity contribution in [2.24, 2.45) is 22.7 Å². The predicted molar refractivity (Wildman–Crippen MR) is 153 cm³/mol. The average Bonchev–Trinajstić information content (AvgIpc) is 3.13. The van der Waals surface area contributed by atoms with Crippen molar-refractivity contribution < 1.29 is 37.1 Å². The number of ketones is 1. The first-order valence-electron chi connectivity index (χ1n) is 14.1. The summed E-state index contributed by atoms with van der Waals surface area (Å²) >= 11 is 0. The number of rotatable bonds is 11. The van der Waals surface area contributed by atoms with Gasteiger partial charge in [0.15, 0.2) is 0 Å². The molecular formula is C28H48N4O8S. The molecule has 0 spiro atoms. The van der Waals surface area contributed by atoms with Crippen molar-refractivity contribution in [3.63, 3.8) is 0 Å². The van der Waals surface area contributed by atoms with E-state index in [1.807, 2.05) is 13.8 Å². The fraction of sp³-hybridized carbons (Fsp3) is 0.821. The molecule has 12 nitrogen and oxygen atoms in total. The molecule has 1 aliphatic heterocycles. The van der Waals surface area contributed by atoms with Gasteiger partial charge in [0.05, 0.1) is 11.8 Å². The zero-order chi connectivity index (χ0) is 31.7. The third-order valence-electron chi connectivity index (χ3n) is 7.73. The highest BCUT2D eigenvalue weighted by molar-refractivity contribution is 7.90. The van der Waals surface area contributed by atoms with Crippen molar-refractivity contribution in [3.8, 4) is 0 Å². The smallest absolute Gasteiger partial charge is 0.408 e. The number of carbonyl (C=O) groups excluding carboxylic acids is 5. The fourth-order valence-corrected chi connectivity index (χ4v) is 5.94. The number of hydrogen-bond acceptors (Lipinski definition) is 8. The van der Waals surface area contributed by atoms with Gasteiger partial charge in [-0.3, -0.25) is 19.2 Å². The maximum Gasteiger partial charge on any atom is 0.408 e. The molecule has 1 aliphatic carbocycles. The summed E-state index contributed by atoms with van der Waals surface area (Å²) in [7, 11) is -3.33. The van der Waals surface area contributed by atoms with Gasteiger partial charge in [-0.2, -0.15) is 0 Å². The summed E-state index contributed by atoms with van der Waals surface area (Å²) in [5, 5.41) is 7.70. The number of fused-ring (bicyclic) bond motifs is 1. The summed E-state index contributed by atoms with van der Waals surface area (Å²) in [6, 6.07) is -3.02. The Morgan fingerprint density at radius 1 is 1.02 bits per heavy atom. The van der Waals surface area contributed by atoms with Crippen molar-refractivity contribution in [2.45, 2.75) is 98.9 Å². The summed E-state index contributed by atoms with van der Waals surface area (Å²) in [6.07, 6.45) is 0.958. The van der Waals surface area contributed by atoms with Crippen LogP contribution >= 0.6 is 0 Å². The van der Waals surface area contributed by atoms with Crippen LogP contribution in [0.15, 0.2) is 0 Å². The molecule has 0 radical (unpaired) electrons. The number of hydrogen-bond donors (Lipinski definition) is 3. The van der Waals surface area contributed by atoms with Gasteiger partial charge in [0, 0.05) is 19.3 Å². The van der Waals surface area contributed by atoms with E-state index < -0.39 is 68.6 Å². The maximum atomic E-state index is 13.9. The Morgan fingerprint density at radius 3 is 2.10 bits per heavy atom. The molecule has 2 fully saturated rings. The number of nitrogens with zero attached hydrogens (tertiary/aromatic N) is 1. The highest BCUT2D eigenvalue weighted by Crippen LogP contribution is 2.65. The number of sulfone groups is 1. The molecule has 1 unspecified atom stereocenters. The van der Waals surface area contributed by atoms with Crippen molar-refractivity contribution in [3.05, 3.63) is 0 Å². The van der Waals surface area contributed by atoms with Crippen LogP contribution in [0.25, 0.3) is 0 Å². The maximum absolute atomic E-state index is 13.9. The van der Waals surface area contributed by atoms with Crippen LogP contribution in [0.1, 0.15) is 75.2 Å². The molecule has 13 heteroatoms. The lowest BCUT2D eigenvalue weighted by molar-refractivity contribution is -0.145. The Kier molecular flexibility index (Phi) is 10.3. The largest absolute Gasteiger partial charge is 0.444 e. The van der Waals surface area contributed by atoms with Gasteiger partial charge in [-0.15, -0.1) is 0 Å². The molecule has 5 atom stereocenters. The molecule has 3 N–H and O–H groups in total. The van der Waals surface area contributed by atoms with Gasteiger partial charge in [0.1, 0.15) is 27.5 Å². The first-order valence-corrected chi connectivity index (χ1v) is 16.2. The number of piperidine rings is 1. The molecule has 1 saturated carbocycles. The van der Waals surface area contributed by atoms with E-state index in [0.29, 0.717) is 13.0 Å². The van der Waals surface area contributed by atoms with Crippen LogP contribution in [0.3, 0.4) is 0 Å². The van der Waals surface area contributed by atoms with Crippen LogP contribution in [0, 0.1) is 22.7 Å². The first kappa shape index (κ1) is 34.5. The Balaban J connectivity index is 2.26. The molecule has 0 aromatic carbocycles. The quantitative estimate of drug-likeness (QED) is 0.299. The molecule has 41 heavy (non-hydrogen) atoms. The lowest BCUT2D eigenvalue weighted by Gasteiger charge is -2.38. The van der Waals surface area contributed by atoms with Gasteiger partial charge in [-0.05, 0) is 49.9 Å². The van der Waals surface area contributed by atoms with Crippen molar-refractivity contribution >= 4 is 39.4 Å². The van der Waals surface area contributed by atoms with Crippen LogP contribution in [-0.4, -0.2) is 91.7 Å². The predicted octanol–water partition coefficient (Wildman–Crippen LogP) is 1.42. The van der Waals surface area contributed by atoms with E-state index in [-0.39, 0.29) is 36.0 Å². The van der Waals surface area contributed by atoms with E-state index in [9.17, 15) is 32.4 Å². The third-order valence-corrected chi connectivity index (χ3v) is 8.67. The molecule has 0 aromatic rings. The third kappa shape index (κ3) is 8.89. The fourth-order valence-electron chi connectivity index (χ4n) is 5.46. The van der Waals surface area contributed by atoms with Crippen LogP contribution < -0.4 is 16.0 Å². The number of Topliss-reactive ketones (excluding diaryl/α,β-unsaturated/α-hetero) is 1. The molecule has 2 rings (SSSR count). The molecule has 0 bridgehead atoms. The standard InChI is InChI=1S/C28H48N4O8S/c1-11-12-17(20(33)23(35)29-13-14-41(10,38)39)30-22(34)19-18-16(28(18,8)9)15-32(19)24(36)21(26(2,3)4)31-25(37)40-27(5,6)7/h16-19,21H,11-15H2,1-10H3,(H,29,35)(H,30,34)(H,31,37)/t16-,17?,18-,19-,21+/m0/s1. The molecular weight excluding hydrogens is 552 g/mol. The number of ether oxygens (including phenoxy) is 1. The number of alkyl carbamates (subject to hydrolysis) is 1.